The van der Waals surface area contributed by atoms with E-state index < -0.39 is 0 Å². The van der Waals surface area contributed by atoms with Crippen LogP contribution in [0.15, 0.2) is 47.4 Å². The van der Waals surface area contributed by atoms with Crippen LogP contribution in [0.4, 0.5) is 0 Å². The van der Waals surface area contributed by atoms with Crippen molar-refractivity contribution in [2.75, 3.05) is 0 Å². The third-order valence-corrected chi connectivity index (χ3v) is 4.23. The molecule has 0 atom stereocenters. The van der Waals surface area contributed by atoms with Gasteiger partial charge in [0.15, 0.2) is 0 Å². The van der Waals surface area contributed by atoms with Crippen molar-refractivity contribution >= 4 is 5.91 Å². The van der Waals surface area contributed by atoms with Gasteiger partial charge in [-0.1, -0.05) is 43.2 Å². The average molecular weight is 312 g/mol. The van der Waals surface area contributed by atoms with Gasteiger partial charge in [0.2, 0.25) is 0 Å². The fourth-order valence-electron chi connectivity index (χ4n) is 2.98. The van der Waals surface area contributed by atoms with Gasteiger partial charge in [0, 0.05) is 18.3 Å². The van der Waals surface area contributed by atoms with Crippen LogP contribution in [-0.2, 0) is 6.54 Å². The second-order valence-corrected chi connectivity index (χ2v) is 5.98. The number of aromatic nitrogens is 1. The van der Waals surface area contributed by atoms with Gasteiger partial charge < -0.3 is 15.0 Å². The quantitative estimate of drug-likeness (QED) is 0.910. The highest BCUT2D eigenvalue weighted by molar-refractivity contribution is 5.96. The van der Waals surface area contributed by atoms with E-state index in [1.54, 1.807) is 0 Å². The molecule has 2 N–H and O–H groups in total. The Labute approximate surface area is 134 Å². The fraction of sp³-hybridized carbons (Fsp3) is 0.333. The number of carbonyl (C=O) groups excluding carboxylic acids is 1. The van der Waals surface area contributed by atoms with E-state index in [1.807, 2.05) is 30.3 Å². The molecule has 0 aliphatic heterocycles. The summed E-state index contributed by atoms with van der Waals surface area (Å²) in [6.07, 6.45) is 5.61. The molecule has 0 unspecified atom stereocenters. The van der Waals surface area contributed by atoms with Gasteiger partial charge >= 0.3 is 0 Å². The lowest BCUT2D eigenvalue weighted by molar-refractivity contribution is 0.0934. The third-order valence-electron chi connectivity index (χ3n) is 4.23. The van der Waals surface area contributed by atoms with Crippen molar-refractivity contribution in [1.29, 1.82) is 0 Å². The molecule has 1 amide bonds. The summed E-state index contributed by atoms with van der Waals surface area (Å²) < 4.78 is 1.44. The number of nitrogens with one attached hydrogen (secondary N) is 1. The van der Waals surface area contributed by atoms with Crippen molar-refractivity contribution in [2.24, 2.45) is 0 Å². The number of carbonyl (C=O) groups is 1. The Morgan fingerprint density at radius 3 is 2.61 bits per heavy atom. The Bertz CT molecular complexity index is 747. The maximum Gasteiger partial charge on any atom is 0.256 e. The molecule has 0 spiro atoms. The van der Waals surface area contributed by atoms with Crippen LogP contribution >= 0.6 is 0 Å². The molecule has 1 heterocycles. The zero-order valence-electron chi connectivity index (χ0n) is 12.9. The van der Waals surface area contributed by atoms with Gasteiger partial charge in [0.1, 0.15) is 5.75 Å². The predicted octanol–water partition coefficient (Wildman–Crippen LogP) is 2.27. The van der Waals surface area contributed by atoms with Crippen LogP contribution in [0.2, 0.25) is 0 Å². The first kappa shape index (κ1) is 15.3. The van der Waals surface area contributed by atoms with Gasteiger partial charge in [-0.25, -0.2) is 0 Å². The summed E-state index contributed by atoms with van der Waals surface area (Å²) in [7, 11) is 0. The Morgan fingerprint density at radius 1 is 1.22 bits per heavy atom. The SMILES string of the molecule is O=C(NC1CCCC1)c1cn(Cc2ccccc2)c(=O)cc1O. The molecule has 1 aliphatic carbocycles. The second-order valence-electron chi connectivity index (χ2n) is 5.98. The number of aromatic hydroxyl groups is 1. The van der Waals surface area contributed by atoms with Crippen molar-refractivity contribution in [3.8, 4) is 5.75 Å². The highest BCUT2D eigenvalue weighted by Gasteiger charge is 2.20. The van der Waals surface area contributed by atoms with E-state index in [4.69, 9.17) is 0 Å². The Balaban J connectivity index is 1.84. The van der Waals surface area contributed by atoms with Crippen LogP contribution in [0.25, 0.3) is 0 Å². The minimum Gasteiger partial charge on any atom is -0.507 e. The number of amides is 1. The van der Waals surface area contributed by atoms with Crippen molar-refractivity contribution < 1.29 is 9.90 Å². The molecule has 0 bridgehead atoms. The van der Waals surface area contributed by atoms with E-state index in [1.165, 1.54) is 10.8 Å². The van der Waals surface area contributed by atoms with Crippen molar-refractivity contribution in [1.82, 2.24) is 9.88 Å². The van der Waals surface area contributed by atoms with E-state index in [2.05, 4.69) is 5.32 Å². The lowest BCUT2D eigenvalue weighted by atomic mass is 10.2. The summed E-state index contributed by atoms with van der Waals surface area (Å²) in [5.41, 5.74) is 0.777. The predicted molar refractivity (Wildman–Crippen MR) is 87.6 cm³/mol. The van der Waals surface area contributed by atoms with Crippen molar-refractivity contribution in [3.63, 3.8) is 0 Å². The minimum absolute atomic E-state index is 0.146. The summed E-state index contributed by atoms with van der Waals surface area (Å²) >= 11 is 0. The molecule has 2 aromatic rings. The zero-order valence-corrected chi connectivity index (χ0v) is 12.9. The van der Waals surface area contributed by atoms with Crippen molar-refractivity contribution in [2.45, 2.75) is 38.3 Å². The highest BCUT2D eigenvalue weighted by Crippen LogP contribution is 2.20. The second kappa shape index (κ2) is 6.69. The van der Waals surface area contributed by atoms with E-state index in [9.17, 15) is 14.7 Å². The molecule has 5 heteroatoms. The summed E-state index contributed by atoms with van der Waals surface area (Å²) in [6.45, 7) is 0.365. The number of rotatable bonds is 4. The lowest BCUT2D eigenvalue weighted by Gasteiger charge is -2.14. The number of benzene rings is 1. The van der Waals surface area contributed by atoms with E-state index >= 15 is 0 Å². The Kier molecular flexibility index (Phi) is 4.46. The molecule has 1 aromatic carbocycles. The van der Waals surface area contributed by atoms with Crippen LogP contribution in [0, 0.1) is 0 Å². The number of hydrogen-bond acceptors (Lipinski definition) is 3. The van der Waals surface area contributed by atoms with E-state index in [0.717, 1.165) is 37.3 Å². The largest absolute Gasteiger partial charge is 0.507 e. The van der Waals surface area contributed by atoms with Crippen molar-refractivity contribution in [3.05, 3.63) is 64.1 Å². The number of hydrogen-bond donors (Lipinski definition) is 2. The van der Waals surface area contributed by atoms with E-state index in [-0.39, 0.29) is 28.8 Å². The molecule has 1 saturated carbocycles. The first-order valence-corrected chi connectivity index (χ1v) is 7.92. The molecule has 1 aliphatic rings. The first-order valence-electron chi connectivity index (χ1n) is 7.92. The van der Waals surface area contributed by atoms with Gasteiger partial charge in [-0.3, -0.25) is 9.59 Å². The standard InChI is InChI=1S/C18H20N2O3/c21-16-10-17(22)20(11-13-6-2-1-3-7-13)12-15(16)18(23)19-14-8-4-5-9-14/h1-3,6-7,10,12,14,21H,4-5,8-9,11H2,(H,19,23). The van der Waals surface area contributed by atoms with Crippen LogP contribution < -0.4 is 10.9 Å². The van der Waals surface area contributed by atoms with Gasteiger partial charge in [-0.15, -0.1) is 0 Å². The topological polar surface area (TPSA) is 71.3 Å². The first-order chi connectivity index (χ1) is 11.1. The van der Waals surface area contributed by atoms with Crippen LogP contribution in [0.3, 0.4) is 0 Å². The Morgan fingerprint density at radius 2 is 1.91 bits per heavy atom. The third kappa shape index (κ3) is 3.62. The van der Waals surface area contributed by atoms with Gasteiger partial charge in [-0.2, -0.15) is 0 Å². The lowest BCUT2D eigenvalue weighted by Crippen LogP contribution is -2.33. The molecular formula is C18H20N2O3. The maximum absolute atomic E-state index is 12.4. The minimum atomic E-state index is -0.330. The molecule has 120 valence electrons. The molecule has 1 fully saturated rings. The fourth-order valence-corrected chi connectivity index (χ4v) is 2.98. The smallest absolute Gasteiger partial charge is 0.256 e. The monoisotopic (exact) mass is 312 g/mol. The number of nitrogens with zero attached hydrogens (tertiary/aromatic N) is 1. The summed E-state index contributed by atoms with van der Waals surface area (Å²) in [4.78, 5) is 24.4. The molecule has 0 radical (unpaired) electrons. The maximum atomic E-state index is 12.4. The molecule has 5 nitrogen and oxygen atoms in total. The van der Waals surface area contributed by atoms with Gasteiger partial charge in [0.05, 0.1) is 12.1 Å². The summed E-state index contributed by atoms with van der Waals surface area (Å²) in [6, 6.07) is 10.8. The van der Waals surface area contributed by atoms with E-state index in [0.29, 0.717) is 6.54 Å². The summed E-state index contributed by atoms with van der Waals surface area (Å²) in [5.74, 6) is -0.592. The molecule has 3 rings (SSSR count). The highest BCUT2D eigenvalue weighted by atomic mass is 16.3. The van der Waals surface area contributed by atoms with Gasteiger partial charge in [-0.05, 0) is 18.4 Å². The molecule has 0 saturated heterocycles. The average Bonchev–Trinajstić information content (AvgIpc) is 3.04. The number of pyridine rings is 1. The van der Waals surface area contributed by atoms with Crippen LogP contribution in [0.1, 0.15) is 41.6 Å². The molecule has 1 aromatic heterocycles. The Hall–Kier alpha value is -2.56. The summed E-state index contributed by atoms with van der Waals surface area (Å²) in [5, 5.41) is 12.9. The normalized spacial score (nSPS) is 14.8. The molecule has 23 heavy (non-hydrogen) atoms. The van der Waals surface area contributed by atoms with Crippen LogP contribution in [-0.4, -0.2) is 21.6 Å². The van der Waals surface area contributed by atoms with Gasteiger partial charge in [0.25, 0.3) is 11.5 Å². The zero-order chi connectivity index (χ0) is 16.2. The molecular weight excluding hydrogens is 292 g/mol. The van der Waals surface area contributed by atoms with Crippen LogP contribution in [0.5, 0.6) is 5.75 Å².